The number of hydrogen-bond donors (Lipinski definition) is 1. The summed E-state index contributed by atoms with van der Waals surface area (Å²) in [6.45, 7) is 3.82. The van der Waals surface area contributed by atoms with Gasteiger partial charge in [-0.2, -0.15) is 0 Å². The Kier molecular flexibility index (Phi) is 4.55. The summed E-state index contributed by atoms with van der Waals surface area (Å²) in [7, 11) is 3.28. The molecule has 7 nitrogen and oxygen atoms in total. The number of pyridine rings is 1. The average molecular weight is 302 g/mol. The minimum Gasteiger partial charge on any atom is -0.447 e. The number of anilines is 1. The van der Waals surface area contributed by atoms with Crippen LogP contribution in [0.1, 0.15) is 46.5 Å². The van der Waals surface area contributed by atoms with Gasteiger partial charge >= 0.3 is 0 Å². The van der Waals surface area contributed by atoms with Crippen molar-refractivity contribution in [2.45, 2.75) is 19.8 Å². The van der Waals surface area contributed by atoms with Crippen LogP contribution in [0.5, 0.6) is 0 Å². The Balaban J connectivity index is 2.20. The van der Waals surface area contributed by atoms with Crippen molar-refractivity contribution >= 4 is 17.6 Å². The Morgan fingerprint density at radius 1 is 1.27 bits per heavy atom. The zero-order valence-electron chi connectivity index (χ0n) is 13.0. The molecule has 0 fully saturated rings. The van der Waals surface area contributed by atoms with Crippen molar-refractivity contribution in [1.29, 1.82) is 0 Å². The SMILES string of the molecule is CC(C)c1ocnc1C(=O)Nc1cccc(C(=O)N(C)C)n1. The van der Waals surface area contributed by atoms with Gasteiger partial charge in [0.25, 0.3) is 11.8 Å². The van der Waals surface area contributed by atoms with E-state index in [0.717, 1.165) is 0 Å². The number of carbonyl (C=O) groups excluding carboxylic acids is 2. The van der Waals surface area contributed by atoms with Gasteiger partial charge in [-0.25, -0.2) is 9.97 Å². The fourth-order valence-electron chi connectivity index (χ4n) is 1.86. The lowest BCUT2D eigenvalue weighted by Crippen LogP contribution is -2.23. The van der Waals surface area contributed by atoms with Crippen LogP contribution in [0.3, 0.4) is 0 Å². The summed E-state index contributed by atoms with van der Waals surface area (Å²) in [4.78, 5) is 33.6. The summed E-state index contributed by atoms with van der Waals surface area (Å²) in [5, 5.41) is 2.63. The number of oxazole rings is 1. The fraction of sp³-hybridized carbons (Fsp3) is 0.333. The van der Waals surface area contributed by atoms with Crippen LogP contribution in [0.25, 0.3) is 0 Å². The number of nitrogens with one attached hydrogen (secondary N) is 1. The summed E-state index contributed by atoms with van der Waals surface area (Å²) < 4.78 is 5.23. The van der Waals surface area contributed by atoms with E-state index < -0.39 is 5.91 Å². The van der Waals surface area contributed by atoms with E-state index in [4.69, 9.17) is 4.42 Å². The normalized spacial score (nSPS) is 10.6. The fourth-order valence-corrected chi connectivity index (χ4v) is 1.86. The molecular weight excluding hydrogens is 284 g/mol. The topological polar surface area (TPSA) is 88.3 Å². The van der Waals surface area contributed by atoms with Crippen LogP contribution in [0.15, 0.2) is 29.0 Å². The molecule has 7 heteroatoms. The van der Waals surface area contributed by atoms with Crippen LogP contribution in [0.4, 0.5) is 5.82 Å². The summed E-state index contributed by atoms with van der Waals surface area (Å²) in [6.07, 6.45) is 1.24. The molecule has 22 heavy (non-hydrogen) atoms. The molecule has 0 unspecified atom stereocenters. The lowest BCUT2D eigenvalue weighted by molar-refractivity contribution is 0.0821. The Bertz CT molecular complexity index is 692. The highest BCUT2D eigenvalue weighted by Crippen LogP contribution is 2.19. The highest BCUT2D eigenvalue weighted by atomic mass is 16.3. The second-order valence-corrected chi connectivity index (χ2v) is 5.28. The summed E-state index contributed by atoms with van der Waals surface area (Å²) in [5.41, 5.74) is 0.480. The Morgan fingerprint density at radius 3 is 2.64 bits per heavy atom. The molecule has 2 rings (SSSR count). The molecule has 0 saturated carbocycles. The molecule has 0 saturated heterocycles. The third kappa shape index (κ3) is 3.30. The molecule has 2 amide bonds. The largest absolute Gasteiger partial charge is 0.447 e. The first-order valence-electron chi connectivity index (χ1n) is 6.83. The quantitative estimate of drug-likeness (QED) is 0.934. The molecule has 0 bridgehead atoms. The van der Waals surface area contributed by atoms with E-state index in [9.17, 15) is 9.59 Å². The smallest absolute Gasteiger partial charge is 0.279 e. The zero-order chi connectivity index (χ0) is 16.3. The van der Waals surface area contributed by atoms with Crippen molar-refractivity contribution in [3.8, 4) is 0 Å². The molecule has 0 radical (unpaired) electrons. The van der Waals surface area contributed by atoms with E-state index in [-0.39, 0.29) is 29.0 Å². The van der Waals surface area contributed by atoms with Gasteiger partial charge in [-0.05, 0) is 12.1 Å². The number of aromatic nitrogens is 2. The maximum absolute atomic E-state index is 12.2. The van der Waals surface area contributed by atoms with Crippen LogP contribution < -0.4 is 5.32 Å². The Morgan fingerprint density at radius 2 is 2.00 bits per heavy atom. The van der Waals surface area contributed by atoms with Crippen LogP contribution in [-0.4, -0.2) is 40.8 Å². The lowest BCUT2D eigenvalue weighted by Gasteiger charge is -2.10. The predicted molar refractivity (Wildman–Crippen MR) is 80.8 cm³/mol. The van der Waals surface area contributed by atoms with Crippen molar-refractivity contribution in [2.75, 3.05) is 19.4 Å². The van der Waals surface area contributed by atoms with Crippen LogP contribution >= 0.6 is 0 Å². The van der Waals surface area contributed by atoms with E-state index >= 15 is 0 Å². The van der Waals surface area contributed by atoms with Crippen LogP contribution in [0, 0.1) is 0 Å². The van der Waals surface area contributed by atoms with Gasteiger partial charge in [0.15, 0.2) is 12.1 Å². The van der Waals surface area contributed by atoms with E-state index in [0.29, 0.717) is 5.76 Å². The number of hydrogen-bond acceptors (Lipinski definition) is 5. The molecule has 0 aliphatic heterocycles. The monoisotopic (exact) mass is 302 g/mol. The zero-order valence-corrected chi connectivity index (χ0v) is 13.0. The van der Waals surface area contributed by atoms with Crippen molar-refractivity contribution in [1.82, 2.24) is 14.9 Å². The van der Waals surface area contributed by atoms with E-state index in [1.165, 1.54) is 11.3 Å². The third-order valence-corrected chi connectivity index (χ3v) is 2.95. The first kappa shape index (κ1) is 15.7. The first-order chi connectivity index (χ1) is 10.4. The Hall–Kier alpha value is -2.70. The van der Waals surface area contributed by atoms with Gasteiger partial charge in [0.1, 0.15) is 17.3 Å². The average Bonchev–Trinajstić information content (AvgIpc) is 2.96. The number of nitrogens with zero attached hydrogens (tertiary/aromatic N) is 3. The maximum Gasteiger partial charge on any atom is 0.279 e. The number of carbonyl (C=O) groups is 2. The molecule has 0 aromatic carbocycles. The maximum atomic E-state index is 12.2. The molecule has 116 valence electrons. The van der Waals surface area contributed by atoms with E-state index in [1.807, 2.05) is 13.8 Å². The van der Waals surface area contributed by atoms with Gasteiger partial charge in [-0.1, -0.05) is 19.9 Å². The molecule has 2 aromatic heterocycles. The minimum absolute atomic E-state index is 0.0397. The third-order valence-electron chi connectivity index (χ3n) is 2.95. The van der Waals surface area contributed by atoms with Gasteiger partial charge in [0.2, 0.25) is 0 Å². The summed E-state index contributed by atoms with van der Waals surface area (Å²) in [6, 6.07) is 4.86. The molecular formula is C15H18N4O3. The number of amides is 2. The minimum atomic E-state index is -0.417. The van der Waals surface area contributed by atoms with Crippen molar-refractivity contribution < 1.29 is 14.0 Å². The van der Waals surface area contributed by atoms with Crippen LogP contribution in [-0.2, 0) is 0 Å². The van der Waals surface area contributed by atoms with Gasteiger partial charge in [0, 0.05) is 20.0 Å². The molecule has 0 atom stereocenters. The highest BCUT2D eigenvalue weighted by molar-refractivity contribution is 6.03. The molecule has 0 aliphatic rings. The van der Waals surface area contributed by atoms with Crippen LogP contribution in [0.2, 0.25) is 0 Å². The number of rotatable bonds is 4. The molecule has 1 N–H and O–H groups in total. The van der Waals surface area contributed by atoms with Crippen molar-refractivity contribution in [3.63, 3.8) is 0 Å². The van der Waals surface area contributed by atoms with Gasteiger partial charge in [-0.3, -0.25) is 9.59 Å². The molecule has 2 aromatic rings. The molecule has 0 aliphatic carbocycles. The van der Waals surface area contributed by atoms with Gasteiger partial charge < -0.3 is 14.6 Å². The Labute approximate surface area is 128 Å². The predicted octanol–water partition coefficient (Wildman–Crippen LogP) is 2.15. The van der Waals surface area contributed by atoms with Crippen molar-refractivity contribution in [2.24, 2.45) is 0 Å². The molecule has 0 spiro atoms. The summed E-state index contributed by atoms with van der Waals surface area (Å²) in [5.74, 6) is 0.186. The standard InChI is InChI=1S/C15H18N4O3/c1-9(2)13-12(16-8-22-13)14(20)18-11-7-5-6-10(17-11)15(21)19(3)4/h5-9H,1-4H3,(H,17,18,20). The molecule has 2 heterocycles. The lowest BCUT2D eigenvalue weighted by atomic mass is 10.1. The first-order valence-corrected chi connectivity index (χ1v) is 6.83. The highest BCUT2D eigenvalue weighted by Gasteiger charge is 2.20. The van der Waals surface area contributed by atoms with E-state index in [1.54, 1.807) is 32.3 Å². The van der Waals surface area contributed by atoms with E-state index in [2.05, 4.69) is 15.3 Å². The second-order valence-electron chi connectivity index (χ2n) is 5.28. The van der Waals surface area contributed by atoms with Crippen molar-refractivity contribution in [3.05, 3.63) is 41.7 Å². The van der Waals surface area contributed by atoms with Gasteiger partial charge in [0.05, 0.1) is 0 Å². The summed E-state index contributed by atoms with van der Waals surface area (Å²) >= 11 is 0. The second kappa shape index (κ2) is 6.38. The van der Waals surface area contributed by atoms with Gasteiger partial charge in [-0.15, -0.1) is 0 Å².